The van der Waals surface area contributed by atoms with E-state index in [-0.39, 0.29) is 11.5 Å². The summed E-state index contributed by atoms with van der Waals surface area (Å²) in [7, 11) is 1.82. The van der Waals surface area contributed by atoms with Crippen LogP contribution < -0.4 is 0 Å². The second kappa shape index (κ2) is 6.48. The molecule has 3 aliphatic rings. The Kier molecular flexibility index (Phi) is 4.35. The van der Waals surface area contributed by atoms with E-state index in [0.717, 1.165) is 39.0 Å². The van der Waals surface area contributed by atoms with Crippen LogP contribution in [0.4, 0.5) is 0 Å². The third-order valence-corrected chi connectivity index (χ3v) is 6.13. The van der Waals surface area contributed by atoms with Gasteiger partial charge in [-0.1, -0.05) is 0 Å². The Bertz CT molecular complexity index is 586. The predicted molar refractivity (Wildman–Crippen MR) is 90.9 cm³/mol. The van der Waals surface area contributed by atoms with Gasteiger partial charge in [-0.15, -0.1) is 0 Å². The maximum Gasteiger partial charge on any atom is 0.272 e. The van der Waals surface area contributed by atoms with Gasteiger partial charge in [0.2, 0.25) is 0 Å². The average molecular weight is 332 g/mol. The van der Waals surface area contributed by atoms with E-state index >= 15 is 0 Å². The number of aryl methyl sites for hydroxylation is 1. The lowest BCUT2D eigenvalue weighted by molar-refractivity contribution is -0.128. The van der Waals surface area contributed by atoms with Crippen LogP contribution in [0.1, 0.15) is 49.0 Å². The van der Waals surface area contributed by atoms with Crippen molar-refractivity contribution in [2.75, 3.05) is 32.8 Å². The number of hydrogen-bond donors (Lipinski definition) is 0. The molecule has 4 rings (SSSR count). The third-order valence-electron chi connectivity index (χ3n) is 6.13. The van der Waals surface area contributed by atoms with E-state index < -0.39 is 0 Å². The first-order valence-electron chi connectivity index (χ1n) is 9.32. The highest BCUT2D eigenvalue weighted by Gasteiger charge is 2.43. The molecule has 6 nitrogen and oxygen atoms in total. The Morgan fingerprint density at radius 3 is 2.67 bits per heavy atom. The van der Waals surface area contributed by atoms with Crippen molar-refractivity contribution >= 4 is 5.91 Å². The maximum atomic E-state index is 12.6. The molecule has 1 aromatic heterocycles. The fraction of sp³-hybridized carbons (Fsp3) is 0.778. The van der Waals surface area contributed by atoms with Crippen molar-refractivity contribution in [3.8, 4) is 0 Å². The summed E-state index contributed by atoms with van der Waals surface area (Å²) in [6.45, 7) is 4.96. The highest BCUT2D eigenvalue weighted by atomic mass is 16.5. The molecule has 1 aromatic rings. The van der Waals surface area contributed by atoms with Gasteiger partial charge in [0, 0.05) is 39.0 Å². The fourth-order valence-corrected chi connectivity index (χ4v) is 4.63. The number of carbonyl (C=O) groups is 1. The van der Waals surface area contributed by atoms with Crippen LogP contribution >= 0.6 is 0 Å². The van der Waals surface area contributed by atoms with Crippen LogP contribution in [0.15, 0.2) is 12.3 Å². The number of carbonyl (C=O) groups excluding carboxylic acids is 1. The summed E-state index contributed by atoms with van der Waals surface area (Å²) in [5.74, 6) is 0.0942. The van der Waals surface area contributed by atoms with Gasteiger partial charge in [0.05, 0.1) is 5.60 Å². The smallest absolute Gasteiger partial charge is 0.272 e. The van der Waals surface area contributed by atoms with Crippen molar-refractivity contribution in [3.63, 3.8) is 0 Å². The summed E-state index contributed by atoms with van der Waals surface area (Å²) in [5.41, 5.74) is 0.667. The second-order valence-electron chi connectivity index (χ2n) is 7.55. The summed E-state index contributed by atoms with van der Waals surface area (Å²) >= 11 is 0. The molecular formula is C18H28N4O2. The van der Waals surface area contributed by atoms with Gasteiger partial charge in [0.1, 0.15) is 5.69 Å². The fourth-order valence-electron chi connectivity index (χ4n) is 4.63. The van der Waals surface area contributed by atoms with Gasteiger partial charge in [-0.05, 0) is 57.7 Å². The van der Waals surface area contributed by atoms with Gasteiger partial charge in [0.25, 0.3) is 5.91 Å². The Labute approximate surface area is 143 Å². The maximum absolute atomic E-state index is 12.6. The lowest BCUT2D eigenvalue weighted by Gasteiger charge is -2.48. The molecule has 132 valence electrons. The summed E-state index contributed by atoms with van der Waals surface area (Å²) in [6.07, 6.45) is 8.60. The summed E-state index contributed by atoms with van der Waals surface area (Å²) in [4.78, 5) is 17.3. The molecule has 0 aliphatic carbocycles. The van der Waals surface area contributed by atoms with Crippen molar-refractivity contribution in [2.45, 2.75) is 50.2 Å². The van der Waals surface area contributed by atoms with Gasteiger partial charge in [-0.25, -0.2) is 0 Å². The molecule has 0 saturated carbocycles. The molecule has 3 saturated heterocycles. The highest BCUT2D eigenvalue weighted by Crippen LogP contribution is 2.37. The number of amides is 1. The molecule has 0 bridgehead atoms. The second-order valence-corrected chi connectivity index (χ2v) is 7.55. The number of rotatable bonds is 2. The number of ether oxygens (including phenoxy) is 1. The van der Waals surface area contributed by atoms with Gasteiger partial charge in [-0.3, -0.25) is 9.48 Å². The summed E-state index contributed by atoms with van der Waals surface area (Å²) < 4.78 is 7.92. The first kappa shape index (κ1) is 16.1. The van der Waals surface area contributed by atoms with Crippen LogP contribution in [0.25, 0.3) is 0 Å². The average Bonchev–Trinajstić information content (AvgIpc) is 3.27. The molecule has 0 N–H and O–H groups in total. The minimum absolute atomic E-state index is 0.00521. The largest absolute Gasteiger partial charge is 0.375 e. The Balaban J connectivity index is 1.38. The minimum atomic E-state index is -0.00521. The number of piperidine rings is 1. The lowest BCUT2D eigenvalue weighted by atomic mass is 9.82. The molecule has 4 heterocycles. The number of hydrogen-bond acceptors (Lipinski definition) is 4. The Morgan fingerprint density at radius 1 is 1.25 bits per heavy atom. The standard InChI is InChI=1S/C18H28N4O2/c1-20-16(4-8-19-20)17(23)22-11-6-18(7-12-22)14-15(5-13-24-18)21-9-2-3-10-21/h4,8,15H,2-3,5-7,9-14H2,1H3. The van der Waals surface area contributed by atoms with Crippen molar-refractivity contribution in [1.82, 2.24) is 19.6 Å². The van der Waals surface area contributed by atoms with Gasteiger partial charge >= 0.3 is 0 Å². The molecule has 1 atom stereocenters. The van der Waals surface area contributed by atoms with Crippen molar-refractivity contribution in [2.24, 2.45) is 7.05 Å². The van der Waals surface area contributed by atoms with Gasteiger partial charge < -0.3 is 14.5 Å². The van der Waals surface area contributed by atoms with Crippen molar-refractivity contribution < 1.29 is 9.53 Å². The summed E-state index contributed by atoms with van der Waals surface area (Å²) in [6, 6.07) is 2.48. The predicted octanol–water partition coefficient (Wildman–Crippen LogP) is 1.67. The van der Waals surface area contributed by atoms with Crippen molar-refractivity contribution in [3.05, 3.63) is 18.0 Å². The zero-order valence-electron chi connectivity index (χ0n) is 14.6. The molecule has 0 aromatic carbocycles. The van der Waals surface area contributed by atoms with Crippen LogP contribution in [0, 0.1) is 0 Å². The molecule has 6 heteroatoms. The normalized spacial score (nSPS) is 27.7. The topological polar surface area (TPSA) is 50.6 Å². The first-order valence-corrected chi connectivity index (χ1v) is 9.32. The van der Waals surface area contributed by atoms with E-state index in [1.165, 1.54) is 32.4 Å². The van der Waals surface area contributed by atoms with Crippen LogP contribution in [-0.4, -0.2) is 69.9 Å². The number of aromatic nitrogens is 2. The van der Waals surface area contributed by atoms with E-state index in [4.69, 9.17) is 4.74 Å². The van der Waals surface area contributed by atoms with E-state index in [1.807, 2.05) is 11.9 Å². The molecule has 0 radical (unpaired) electrons. The first-order chi connectivity index (χ1) is 11.7. The molecular weight excluding hydrogens is 304 g/mol. The quantitative estimate of drug-likeness (QED) is 0.827. The monoisotopic (exact) mass is 332 g/mol. The third kappa shape index (κ3) is 2.97. The van der Waals surface area contributed by atoms with Crippen LogP contribution in [0.2, 0.25) is 0 Å². The Morgan fingerprint density at radius 2 is 2.00 bits per heavy atom. The van der Waals surface area contributed by atoms with E-state index in [0.29, 0.717) is 11.7 Å². The van der Waals surface area contributed by atoms with Gasteiger partial charge in [-0.2, -0.15) is 5.10 Å². The lowest BCUT2D eigenvalue weighted by Crippen LogP contribution is -2.54. The minimum Gasteiger partial charge on any atom is -0.375 e. The van der Waals surface area contributed by atoms with Crippen LogP contribution in [0.5, 0.6) is 0 Å². The number of likely N-dealkylation sites (tertiary alicyclic amines) is 2. The van der Waals surface area contributed by atoms with E-state index in [1.54, 1.807) is 16.9 Å². The van der Waals surface area contributed by atoms with E-state index in [2.05, 4.69) is 10.00 Å². The van der Waals surface area contributed by atoms with Gasteiger partial charge in [0.15, 0.2) is 0 Å². The van der Waals surface area contributed by atoms with Crippen LogP contribution in [-0.2, 0) is 11.8 Å². The molecule has 1 spiro atoms. The molecule has 1 unspecified atom stereocenters. The molecule has 24 heavy (non-hydrogen) atoms. The summed E-state index contributed by atoms with van der Waals surface area (Å²) in [5, 5.41) is 4.11. The Hall–Kier alpha value is -1.40. The van der Waals surface area contributed by atoms with E-state index in [9.17, 15) is 4.79 Å². The zero-order chi connectivity index (χ0) is 16.6. The highest BCUT2D eigenvalue weighted by molar-refractivity contribution is 5.92. The molecule has 1 amide bonds. The SMILES string of the molecule is Cn1nccc1C(=O)N1CCC2(CC1)CC(N1CCCC1)CCO2. The zero-order valence-corrected chi connectivity index (χ0v) is 14.6. The van der Waals surface area contributed by atoms with Crippen LogP contribution in [0.3, 0.4) is 0 Å². The molecule has 3 fully saturated rings. The number of nitrogens with zero attached hydrogens (tertiary/aromatic N) is 4. The molecule has 3 aliphatic heterocycles. The van der Waals surface area contributed by atoms with Crippen molar-refractivity contribution in [1.29, 1.82) is 0 Å².